The van der Waals surface area contributed by atoms with Crippen LogP contribution in [0.25, 0.3) is 0 Å². The average molecular weight is 274 g/mol. The first-order valence-corrected chi connectivity index (χ1v) is 6.99. The lowest BCUT2D eigenvalue weighted by Crippen LogP contribution is -2.28. The van der Waals surface area contributed by atoms with Gasteiger partial charge in [0.05, 0.1) is 11.0 Å². The van der Waals surface area contributed by atoms with Crippen molar-refractivity contribution in [1.82, 2.24) is 0 Å². The molecule has 100 valence electrons. The van der Waals surface area contributed by atoms with Gasteiger partial charge in [0.2, 0.25) is 5.91 Å². The van der Waals surface area contributed by atoms with Crippen molar-refractivity contribution in [2.45, 2.75) is 17.9 Å². The van der Waals surface area contributed by atoms with Crippen LogP contribution < -0.4 is 11.5 Å². The zero-order valence-electron chi connectivity index (χ0n) is 9.89. The smallest absolute Gasteiger partial charge is 0.248 e. The molecule has 1 aromatic rings. The molecule has 0 fully saturated rings. The molecule has 0 radical (unpaired) electrons. The summed E-state index contributed by atoms with van der Waals surface area (Å²) in [6, 6.07) is 3.39. The maximum absolute atomic E-state index is 13.5. The van der Waals surface area contributed by atoms with Gasteiger partial charge in [0.1, 0.15) is 5.82 Å². The SMILES string of the molecule is CC(CN)S(=O)(=O)Cc1cc(C(N)=O)ccc1F. The highest BCUT2D eigenvalue weighted by atomic mass is 32.2. The Hall–Kier alpha value is -1.47. The number of nitrogens with two attached hydrogens (primary N) is 2. The first kappa shape index (κ1) is 14.6. The van der Waals surface area contributed by atoms with E-state index in [0.29, 0.717) is 0 Å². The van der Waals surface area contributed by atoms with Gasteiger partial charge in [-0.05, 0) is 25.1 Å². The van der Waals surface area contributed by atoms with Gasteiger partial charge < -0.3 is 11.5 Å². The van der Waals surface area contributed by atoms with Crippen molar-refractivity contribution in [2.24, 2.45) is 11.5 Å². The Balaban J connectivity index is 3.11. The van der Waals surface area contributed by atoms with Crippen molar-refractivity contribution in [3.63, 3.8) is 0 Å². The summed E-state index contributed by atoms with van der Waals surface area (Å²) in [6.45, 7) is 1.41. The molecule has 4 N–H and O–H groups in total. The van der Waals surface area contributed by atoms with Gasteiger partial charge in [0.25, 0.3) is 0 Å². The Morgan fingerprint density at radius 1 is 1.44 bits per heavy atom. The van der Waals surface area contributed by atoms with Crippen molar-refractivity contribution in [2.75, 3.05) is 6.54 Å². The highest BCUT2D eigenvalue weighted by molar-refractivity contribution is 7.91. The van der Waals surface area contributed by atoms with Crippen molar-refractivity contribution >= 4 is 15.7 Å². The predicted molar refractivity (Wildman–Crippen MR) is 66.1 cm³/mol. The number of benzene rings is 1. The summed E-state index contributed by atoms with van der Waals surface area (Å²) in [4.78, 5) is 11.0. The van der Waals surface area contributed by atoms with Crippen molar-refractivity contribution in [3.8, 4) is 0 Å². The summed E-state index contributed by atoms with van der Waals surface area (Å²) in [7, 11) is -3.55. The molecule has 1 aromatic carbocycles. The predicted octanol–water partition coefficient (Wildman–Crippen LogP) is 0.187. The van der Waals surface area contributed by atoms with E-state index >= 15 is 0 Å². The fourth-order valence-electron chi connectivity index (χ4n) is 1.34. The molecule has 0 aliphatic carbocycles. The normalized spacial score (nSPS) is 13.3. The number of hydrogen-bond acceptors (Lipinski definition) is 4. The lowest BCUT2D eigenvalue weighted by atomic mass is 10.1. The maximum Gasteiger partial charge on any atom is 0.248 e. The maximum atomic E-state index is 13.5. The zero-order valence-corrected chi connectivity index (χ0v) is 10.7. The monoisotopic (exact) mass is 274 g/mol. The van der Waals surface area contributed by atoms with Crippen LogP contribution in [0.15, 0.2) is 18.2 Å². The van der Waals surface area contributed by atoms with Gasteiger partial charge >= 0.3 is 0 Å². The lowest BCUT2D eigenvalue weighted by molar-refractivity contribution is 0.1000. The molecule has 5 nitrogen and oxygen atoms in total. The Bertz CT molecular complexity index is 557. The lowest BCUT2D eigenvalue weighted by Gasteiger charge is -2.11. The van der Waals surface area contributed by atoms with E-state index in [1.165, 1.54) is 13.0 Å². The van der Waals surface area contributed by atoms with Crippen molar-refractivity contribution < 1.29 is 17.6 Å². The highest BCUT2D eigenvalue weighted by Gasteiger charge is 2.22. The van der Waals surface area contributed by atoms with Gasteiger partial charge in [-0.1, -0.05) is 0 Å². The van der Waals surface area contributed by atoms with E-state index in [9.17, 15) is 17.6 Å². The minimum atomic E-state index is -3.55. The summed E-state index contributed by atoms with van der Waals surface area (Å²) in [5.41, 5.74) is 10.3. The molecule has 0 saturated heterocycles. The number of carbonyl (C=O) groups is 1. The molecule has 0 aromatic heterocycles. The minimum Gasteiger partial charge on any atom is -0.366 e. The number of rotatable bonds is 5. The molecule has 0 saturated carbocycles. The summed E-state index contributed by atoms with van der Waals surface area (Å²) in [5.74, 6) is -1.92. The summed E-state index contributed by atoms with van der Waals surface area (Å²) < 4.78 is 37.1. The van der Waals surface area contributed by atoms with E-state index in [2.05, 4.69) is 0 Å². The largest absolute Gasteiger partial charge is 0.366 e. The number of hydrogen-bond donors (Lipinski definition) is 2. The van der Waals surface area contributed by atoms with Gasteiger partial charge in [-0.25, -0.2) is 12.8 Å². The van der Waals surface area contributed by atoms with Gasteiger partial charge in [-0.15, -0.1) is 0 Å². The van der Waals surface area contributed by atoms with Gasteiger partial charge in [0.15, 0.2) is 9.84 Å². The Morgan fingerprint density at radius 2 is 2.06 bits per heavy atom. The minimum absolute atomic E-state index is 0.0422. The Kier molecular flexibility index (Phi) is 4.42. The quantitative estimate of drug-likeness (QED) is 0.799. The Morgan fingerprint density at radius 3 is 2.56 bits per heavy atom. The molecular weight excluding hydrogens is 259 g/mol. The van der Waals surface area contributed by atoms with Crippen LogP contribution in [0.2, 0.25) is 0 Å². The molecule has 18 heavy (non-hydrogen) atoms. The first-order valence-electron chi connectivity index (χ1n) is 5.27. The highest BCUT2D eigenvalue weighted by Crippen LogP contribution is 2.16. The zero-order chi connectivity index (χ0) is 13.9. The van der Waals surface area contributed by atoms with E-state index in [1.807, 2.05) is 0 Å². The molecule has 0 aliphatic rings. The van der Waals surface area contributed by atoms with Crippen LogP contribution >= 0.6 is 0 Å². The molecule has 0 spiro atoms. The van der Waals surface area contributed by atoms with Gasteiger partial charge in [0, 0.05) is 17.7 Å². The number of carbonyl (C=O) groups excluding carboxylic acids is 1. The third kappa shape index (κ3) is 3.27. The molecular formula is C11H15FN2O3S. The van der Waals surface area contributed by atoms with E-state index in [1.54, 1.807) is 0 Å². The van der Waals surface area contributed by atoms with Gasteiger partial charge in [-0.3, -0.25) is 4.79 Å². The Labute approximate surface area is 105 Å². The number of sulfone groups is 1. The molecule has 0 bridgehead atoms. The second-order valence-electron chi connectivity index (χ2n) is 4.02. The van der Waals surface area contributed by atoms with Crippen LogP contribution in [0.3, 0.4) is 0 Å². The molecule has 1 rings (SSSR count). The van der Waals surface area contributed by atoms with Crippen LogP contribution in [0, 0.1) is 5.82 Å². The fraction of sp³-hybridized carbons (Fsp3) is 0.364. The van der Waals surface area contributed by atoms with Crippen molar-refractivity contribution in [1.29, 1.82) is 0 Å². The molecule has 7 heteroatoms. The average Bonchev–Trinajstić information content (AvgIpc) is 2.30. The molecule has 1 amide bonds. The summed E-state index contributed by atoms with van der Waals surface area (Å²) in [5, 5.41) is -0.769. The molecule has 0 aliphatic heterocycles. The number of amides is 1. The fourth-order valence-corrected chi connectivity index (χ4v) is 2.58. The summed E-state index contributed by atoms with van der Waals surface area (Å²) in [6.07, 6.45) is 0. The van der Waals surface area contributed by atoms with Crippen molar-refractivity contribution in [3.05, 3.63) is 35.1 Å². The summed E-state index contributed by atoms with van der Waals surface area (Å²) >= 11 is 0. The molecule has 1 unspecified atom stereocenters. The van der Waals surface area contributed by atoms with E-state index in [-0.39, 0.29) is 17.7 Å². The third-order valence-corrected chi connectivity index (χ3v) is 4.76. The molecule has 1 atom stereocenters. The van der Waals surface area contributed by atoms with E-state index in [4.69, 9.17) is 11.5 Å². The van der Waals surface area contributed by atoms with Crippen LogP contribution in [0.5, 0.6) is 0 Å². The second kappa shape index (κ2) is 5.45. The molecule has 0 heterocycles. The van der Waals surface area contributed by atoms with Crippen LogP contribution in [-0.4, -0.2) is 26.1 Å². The van der Waals surface area contributed by atoms with Crippen LogP contribution in [-0.2, 0) is 15.6 Å². The first-order chi connectivity index (χ1) is 8.27. The topological polar surface area (TPSA) is 103 Å². The van der Waals surface area contributed by atoms with E-state index < -0.39 is 32.6 Å². The number of primary amides is 1. The number of halogens is 1. The van der Waals surface area contributed by atoms with E-state index in [0.717, 1.165) is 12.1 Å². The van der Waals surface area contributed by atoms with Crippen LogP contribution in [0.1, 0.15) is 22.8 Å². The second-order valence-corrected chi connectivity index (χ2v) is 6.44. The standard InChI is InChI=1S/C11H15FN2O3S/c1-7(5-13)18(16,17)6-9-4-8(11(14)15)2-3-10(9)12/h2-4,7H,5-6,13H2,1H3,(H2,14,15). The van der Waals surface area contributed by atoms with Gasteiger partial charge in [-0.2, -0.15) is 0 Å². The van der Waals surface area contributed by atoms with Crippen LogP contribution in [0.4, 0.5) is 4.39 Å². The third-order valence-electron chi connectivity index (χ3n) is 2.63.